The van der Waals surface area contributed by atoms with Crippen LogP contribution in [0.2, 0.25) is 0 Å². The van der Waals surface area contributed by atoms with Gasteiger partial charge in [0.25, 0.3) is 0 Å². The number of carbonyl (C=O) groups excluding carboxylic acids is 1. The molecule has 1 aromatic carbocycles. The van der Waals surface area contributed by atoms with Gasteiger partial charge in [0.15, 0.2) is 0 Å². The number of rotatable bonds is 5. The number of hydrogen-bond acceptors (Lipinski definition) is 3. The number of likely N-dealkylation sites (tertiary alicyclic amines) is 1. The van der Waals surface area contributed by atoms with Gasteiger partial charge in [0.1, 0.15) is 11.3 Å². The van der Waals surface area contributed by atoms with Crippen LogP contribution in [0.15, 0.2) is 24.3 Å². The van der Waals surface area contributed by atoms with Gasteiger partial charge in [-0.1, -0.05) is 18.2 Å². The third-order valence-corrected chi connectivity index (χ3v) is 4.07. The fourth-order valence-electron chi connectivity index (χ4n) is 2.69. The second-order valence-corrected chi connectivity index (χ2v) is 5.59. The van der Waals surface area contributed by atoms with Crippen LogP contribution >= 0.6 is 0 Å². The number of carbonyl (C=O) groups is 2. The summed E-state index contributed by atoms with van der Waals surface area (Å²) in [7, 11) is 0. The third-order valence-electron chi connectivity index (χ3n) is 4.07. The highest BCUT2D eigenvalue weighted by Crippen LogP contribution is 2.29. The SMILES string of the molecule is Cc1ccccc1OCCC(=O)N1CCCC1(C)C(=O)O. The number of nitrogens with zero attached hydrogens (tertiary/aromatic N) is 1. The van der Waals surface area contributed by atoms with Crippen LogP contribution in [0.3, 0.4) is 0 Å². The molecule has 1 heterocycles. The number of para-hydroxylation sites is 1. The molecule has 114 valence electrons. The Morgan fingerprint density at radius 1 is 1.38 bits per heavy atom. The van der Waals surface area contributed by atoms with Crippen molar-refractivity contribution in [2.45, 2.75) is 38.6 Å². The van der Waals surface area contributed by atoms with Gasteiger partial charge in [-0.25, -0.2) is 4.79 Å². The number of aliphatic carboxylic acids is 1. The van der Waals surface area contributed by atoms with Crippen LogP contribution in [-0.4, -0.2) is 40.6 Å². The molecule has 0 aliphatic carbocycles. The van der Waals surface area contributed by atoms with E-state index in [9.17, 15) is 14.7 Å². The molecule has 1 amide bonds. The van der Waals surface area contributed by atoms with Gasteiger partial charge in [-0.05, 0) is 38.3 Å². The summed E-state index contributed by atoms with van der Waals surface area (Å²) >= 11 is 0. The molecule has 0 radical (unpaired) electrons. The lowest BCUT2D eigenvalue weighted by Gasteiger charge is -2.31. The molecular weight excluding hydrogens is 270 g/mol. The van der Waals surface area contributed by atoms with Crippen LogP contribution in [0.4, 0.5) is 0 Å². The zero-order chi connectivity index (χ0) is 15.5. The number of benzene rings is 1. The van der Waals surface area contributed by atoms with Gasteiger partial charge in [0, 0.05) is 6.54 Å². The number of aryl methyl sites for hydroxylation is 1. The van der Waals surface area contributed by atoms with Gasteiger partial charge in [0.05, 0.1) is 13.0 Å². The second kappa shape index (κ2) is 6.16. The van der Waals surface area contributed by atoms with Crippen molar-refractivity contribution in [3.05, 3.63) is 29.8 Å². The molecule has 5 heteroatoms. The Kier molecular flexibility index (Phi) is 4.50. The molecule has 1 aromatic rings. The second-order valence-electron chi connectivity index (χ2n) is 5.59. The van der Waals surface area contributed by atoms with E-state index < -0.39 is 11.5 Å². The Morgan fingerprint density at radius 2 is 2.10 bits per heavy atom. The summed E-state index contributed by atoms with van der Waals surface area (Å²) in [4.78, 5) is 25.0. The van der Waals surface area contributed by atoms with Gasteiger partial charge < -0.3 is 14.7 Å². The predicted octanol–water partition coefficient (Wildman–Crippen LogP) is 2.23. The highest BCUT2D eigenvalue weighted by atomic mass is 16.5. The highest BCUT2D eigenvalue weighted by Gasteiger charge is 2.45. The van der Waals surface area contributed by atoms with Crippen LogP contribution < -0.4 is 4.74 Å². The van der Waals surface area contributed by atoms with E-state index in [4.69, 9.17) is 4.74 Å². The zero-order valence-corrected chi connectivity index (χ0v) is 12.5. The topological polar surface area (TPSA) is 66.8 Å². The molecule has 1 fully saturated rings. The maximum absolute atomic E-state index is 12.2. The average Bonchev–Trinajstić information content (AvgIpc) is 2.84. The molecule has 1 N–H and O–H groups in total. The Labute approximate surface area is 124 Å². The Hall–Kier alpha value is -2.04. The maximum Gasteiger partial charge on any atom is 0.329 e. The van der Waals surface area contributed by atoms with Gasteiger partial charge in [-0.3, -0.25) is 4.79 Å². The number of hydrogen-bond donors (Lipinski definition) is 1. The van der Waals surface area contributed by atoms with Crippen molar-refractivity contribution in [1.82, 2.24) is 4.90 Å². The molecule has 1 aliphatic heterocycles. The largest absolute Gasteiger partial charge is 0.493 e. The van der Waals surface area contributed by atoms with E-state index >= 15 is 0 Å². The number of ether oxygens (including phenoxy) is 1. The predicted molar refractivity (Wildman–Crippen MR) is 78.3 cm³/mol. The standard InChI is InChI=1S/C16H21NO4/c1-12-6-3-4-7-13(12)21-11-8-14(18)17-10-5-9-16(17,2)15(19)20/h3-4,6-7H,5,8-11H2,1-2H3,(H,19,20). The van der Waals surface area contributed by atoms with E-state index in [2.05, 4.69) is 0 Å². The van der Waals surface area contributed by atoms with E-state index in [0.29, 0.717) is 13.0 Å². The van der Waals surface area contributed by atoms with Crippen LogP contribution in [0.5, 0.6) is 5.75 Å². The van der Waals surface area contributed by atoms with E-state index in [1.807, 2.05) is 31.2 Å². The summed E-state index contributed by atoms with van der Waals surface area (Å²) < 4.78 is 5.60. The molecule has 1 atom stereocenters. The van der Waals surface area contributed by atoms with E-state index in [0.717, 1.165) is 17.7 Å². The molecule has 0 aromatic heterocycles. The number of carboxylic acid groups (broad SMARTS) is 1. The summed E-state index contributed by atoms with van der Waals surface area (Å²) in [6.07, 6.45) is 1.43. The Bertz CT molecular complexity index is 543. The number of carboxylic acids is 1. The van der Waals surface area contributed by atoms with E-state index in [1.54, 1.807) is 6.92 Å². The molecule has 1 saturated heterocycles. The average molecular weight is 291 g/mol. The molecule has 0 bridgehead atoms. The minimum Gasteiger partial charge on any atom is -0.493 e. The lowest BCUT2D eigenvalue weighted by Crippen LogP contribution is -2.51. The van der Waals surface area contributed by atoms with Crippen molar-refractivity contribution in [2.75, 3.05) is 13.2 Å². The lowest BCUT2D eigenvalue weighted by molar-refractivity contribution is -0.155. The molecule has 1 unspecified atom stereocenters. The normalized spacial score (nSPS) is 21.3. The lowest BCUT2D eigenvalue weighted by atomic mass is 9.99. The first kappa shape index (κ1) is 15.4. The van der Waals surface area contributed by atoms with E-state index in [-0.39, 0.29) is 18.9 Å². The van der Waals surface area contributed by atoms with E-state index in [1.165, 1.54) is 4.90 Å². The molecule has 5 nitrogen and oxygen atoms in total. The summed E-state index contributed by atoms with van der Waals surface area (Å²) in [5.74, 6) is -0.341. The van der Waals surface area contributed by atoms with Crippen molar-refractivity contribution in [2.24, 2.45) is 0 Å². The Morgan fingerprint density at radius 3 is 2.76 bits per heavy atom. The van der Waals surface area contributed by atoms with Crippen molar-refractivity contribution in [3.8, 4) is 5.75 Å². The first-order valence-corrected chi connectivity index (χ1v) is 7.17. The van der Waals surface area contributed by atoms with Crippen molar-refractivity contribution >= 4 is 11.9 Å². The summed E-state index contributed by atoms with van der Waals surface area (Å²) in [6.45, 7) is 4.32. The fraction of sp³-hybridized carbons (Fsp3) is 0.500. The molecule has 1 aliphatic rings. The van der Waals surface area contributed by atoms with Gasteiger partial charge in [0.2, 0.25) is 5.91 Å². The summed E-state index contributed by atoms with van der Waals surface area (Å²) in [6, 6.07) is 7.61. The van der Waals surface area contributed by atoms with Crippen molar-refractivity contribution < 1.29 is 19.4 Å². The van der Waals surface area contributed by atoms with Gasteiger partial charge in [-0.15, -0.1) is 0 Å². The quantitative estimate of drug-likeness (QED) is 0.903. The van der Waals surface area contributed by atoms with Gasteiger partial charge >= 0.3 is 5.97 Å². The zero-order valence-electron chi connectivity index (χ0n) is 12.5. The Balaban J connectivity index is 1.91. The molecular formula is C16H21NO4. The van der Waals surface area contributed by atoms with Gasteiger partial charge in [-0.2, -0.15) is 0 Å². The minimum absolute atomic E-state index is 0.161. The summed E-state index contributed by atoms with van der Waals surface area (Å²) in [5.41, 5.74) is -0.0544. The fourth-order valence-corrected chi connectivity index (χ4v) is 2.69. The monoisotopic (exact) mass is 291 g/mol. The molecule has 0 saturated carbocycles. The highest BCUT2D eigenvalue weighted by molar-refractivity contribution is 5.87. The van der Waals surface area contributed by atoms with Crippen LogP contribution in [-0.2, 0) is 9.59 Å². The van der Waals surface area contributed by atoms with Crippen LogP contribution in [0.1, 0.15) is 31.7 Å². The minimum atomic E-state index is -1.07. The third kappa shape index (κ3) is 3.17. The van der Waals surface area contributed by atoms with Crippen LogP contribution in [0.25, 0.3) is 0 Å². The smallest absolute Gasteiger partial charge is 0.329 e. The van der Waals surface area contributed by atoms with Crippen LogP contribution in [0, 0.1) is 6.92 Å². The number of amides is 1. The van der Waals surface area contributed by atoms with Crippen molar-refractivity contribution in [3.63, 3.8) is 0 Å². The first-order valence-electron chi connectivity index (χ1n) is 7.17. The molecule has 2 rings (SSSR count). The molecule has 21 heavy (non-hydrogen) atoms. The molecule has 0 spiro atoms. The summed E-state index contributed by atoms with van der Waals surface area (Å²) in [5, 5.41) is 9.31. The van der Waals surface area contributed by atoms with Crippen molar-refractivity contribution in [1.29, 1.82) is 0 Å². The first-order chi connectivity index (χ1) is 9.95. The maximum atomic E-state index is 12.2.